The number of allylic oxidation sites excluding steroid dienone is 2. The van der Waals surface area contributed by atoms with E-state index in [1.807, 2.05) is 20.8 Å². The van der Waals surface area contributed by atoms with Crippen LogP contribution in [0.5, 0.6) is 0 Å². The minimum Gasteiger partial charge on any atom is -0.478 e. The van der Waals surface area contributed by atoms with Gasteiger partial charge in [-0.05, 0) is 67.8 Å². The molecule has 6 nitrogen and oxygen atoms in total. The molecule has 2 saturated carbocycles. The second kappa shape index (κ2) is 8.62. The summed E-state index contributed by atoms with van der Waals surface area (Å²) in [5.74, 6) is -0.529. The van der Waals surface area contributed by atoms with E-state index in [-0.39, 0.29) is 29.3 Å². The molecule has 4 aliphatic rings. The van der Waals surface area contributed by atoms with E-state index in [0.717, 1.165) is 12.0 Å². The summed E-state index contributed by atoms with van der Waals surface area (Å²) < 4.78 is 0. The SMILES string of the molecule is C/C(=C\CC[C@@H](C)[C@H]1C[C@H](O)[C@@]2(C)C3=C(C(=O)C[C@]12C)[C@@]1(C)CCC(=O)C(C)(C)C1C[C@@H]3O)C(=O)O. The first kappa shape index (κ1) is 27.3. The van der Waals surface area contributed by atoms with Crippen molar-refractivity contribution in [2.45, 2.75) is 106 Å². The highest BCUT2D eigenvalue weighted by molar-refractivity contribution is 6.01. The lowest BCUT2D eigenvalue weighted by Gasteiger charge is -2.61. The number of aliphatic hydroxyl groups is 2. The predicted octanol–water partition coefficient (Wildman–Crippen LogP) is 4.87. The van der Waals surface area contributed by atoms with Crippen molar-refractivity contribution in [2.75, 3.05) is 0 Å². The Bertz CT molecular complexity index is 1050. The molecule has 0 spiro atoms. The van der Waals surface area contributed by atoms with E-state index < -0.39 is 39.8 Å². The lowest BCUT2D eigenvalue weighted by molar-refractivity contribution is -0.146. The highest BCUT2D eigenvalue weighted by Gasteiger charge is 2.69. The zero-order valence-electron chi connectivity index (χ0n) is 23.0. The normalized spacial score (nSPS) is 43.1. The van der Waals surface area contributed by atoms with Crippen molar-refractivity contribution in [2.24, 2.45) is 39.4 Å². The summed E-state index contributed by atoms with van der Waals surface area (Å²) in [5.41, 5.74) is -0.599. The van der Waals surface area contributed by atoms with Gasteiger partial charge in [0.25, 0.3) is 0 Å². The van der Waals surface area contributed by atoms with Gasteiger partial charge in [-0.3, -0.25) is 9.59 Å². The molecular formula is C30H44O6. The van der Waals surface area contributed by atoms with Gasteiger partial charge in [0.15, 0.2) is 5.78 Å². The van der Waals surface area contributed by atoms with Gasteiger partial charge in [0.1, 0.15) is 5.78 Å². The number of Topliss-reactive ketones (excluding diaryl/α,β-unsaturated/α-hetero) is 2. The molecule has 0 aromatic heterocycles. The Morgan fingerprint density at radius 2 is 1.75 bits per heavy atom. The Hall–Kier alpha value is -1.79. The second-order valence-electron chi connectivity index (χ2n) is 13.5. The van der Waals surface area contributed by atoms with Gasteiger partial charge in [0.2, 0.25) is 0 Å². The molecule has 8 atom stereocenters. The molecule has 4 aliphatic carbocycles. The standard InChI is InChI=1S/C30H44O6/c1-16(9-8-10-17(2)26(35)36)18-13-23(34)30(7)25-19(31)14-21-27(3,4)22(33)11-12-28(21,5)24(25)20(32)15-29(18,30)6/h10,16,18-19,21,23,31,34H,8-9,11-15H2,1-7H3,(H,35,36)/b17-10+/t16-,18-,19+,21?,23+,28+,29-,30+/m1/s1. The van der Waals surface area contributed by atoms with Gasteiger partial charge >= 0.3 is 5.97 Å². The molecule has 3 N–H and O–H groups in total. The van der Waals surface area contributed by atoms with Crippen LogP contribution in [0, 0.1) is 39.4 Å². The number of carbonyl (C=O) groups is 3. The third-order valence-electron chi connectivity index (χ3n) is 11.5. The zero-order valence-corrected chi connectivity index (χ0v) is 23.0. The van der Waals surface area contributed by atoms with Crippen molar-refractivity contribution in [3.05, 3.63) is 22.8 Å². The summed E-state index contributed by atoms with van der Waals surface area (Å²) in [4.78, 5) is 38.0. The minimum absolute atomic E-state index is 0.0642. The average molecular weight is 501 g/mol. The van der Waals surface area contributed by atoms with E-state index in [9.17, 15) is 24.6 Å². The van der Waals surface area contributed by atoms with E-state index in [1.54, 1.807) is 13.0 Å². The lowest BCUT2D eigenvalue weighted by Crippen LogP contribution is -2.60. The largest absolute Gasteiger partial charge is 0.478 e. The predicted molar refractivity (Wildman–Crippen MR) is 137 cm³/mol. The number of fused-ring (bicyclic) bond motifs is 4. The summed E-state index contributed by atoms with van der Waals surface area (Å²) in [7, 11) is 0. The Labute approximate surface area is 215 Å². The molecule has 4 rings (SSSR count). The molecule has 36 heavy (non-hydrogen) atoms. The summed E-state index contributed by atoms with van der Waals surface area (Å²) in [6.07, 6.45) is 3.94. The topological polar surface area (TPSA) is 112 Å². The van der Waals surface area contributed by atoms with E-state index >= 15 is 0 Å². The molecule has 0 aliphatic heterocycles. The van der Waals surface area contributed by atoms with Crippen LogP contribution in [-0.2, 0) is 14.4 Å². The Kier molecular flexibility index (Phi) is 6.53. The van der Waals surface area contributed by atoms with Gasteiger partial charge in [-0.25, -0.2) is 4.79 Å². The number of carbonyl (C=O) groups excluding carboxylic acids is 2. The highest BCUT2D eigenvalue weighted by atomic mass is 16.4. The Morgan fingerprint density at radius 1 is 1.11 bits per heavy atom. The van der Waals surface area contributed by atoms with Gasteiger partial charge < -0.3 is 15.3 Å². The van der Waals surface area contributed by atoms with Crippen LogP contribution in [0.1, 0.15) is 93.4 Å². The summed E-state index contributed by atoms with van der Waals surface area (Å²) in [6, 6.07) is 0. The number of rotatable bonds is 5. The first-order valence-corrected chi connectivity index (χ1v) is 13.6. The molecule has 1 unspecified atom stereocenters. The smallest absolute Gasteiger partial charge is 0.330 e. The van der Waals surface area contributed by atoms with Crippen LogP contribution in [0.3, 0.4) is 0 Å². The molecule has 200 valence electrons. The summed E-state index contributed by atoms with van der Waals surface area (Å²) in [5, 5.41) is 32.4. The third-order valence-corrected chi connectivity index (χ3v) is 11.5. The maximum atomic E-state index is 14.1. The molecule has 0 saturated heterocycles. The summed E-state index contributed by atoms with van der Waals surface area (Å²) in [6.45, 7) is 13.9. The Balaban J connectivity index is 1.75. The second-order valence-corrected chi connectivity index (χ2v) is 13.5. The maximum Gasteiger partial charge on any atom is 0.330 e. The van der Waals surface area contributed by atoms with E-state index in [1.165, 1.54) is 0 Å². The number of hydrogen-bond donors (Lipinski definition) is 3. The Morgan fingerprint density at radius 3 is 2.36 bits per heavy atom. The zero-order chi connectivity index (χ0) is 27.0. The number of ketones is 2. The molecule has 0 amide bonds. The molecular weight excluding hydrogens is 456 g/mol. The molecule has 6 heteroatoms. The van der Waals surface area contributed by atoms with Crippen molar-refractivity contribution in [3.8, 4) is 0 Å². The van der Waals surface area contributed by atoms with E-state index in [2.05, 4.69) is 20.8 Å². The van der Waals surface area contributed by atoms with Gasteiger partial charge in [-0.1, -0.05) is 47.6 Å². The van der Waals surface area contributed by atoms with Crippen LogP contribution in [0.2, 0.25) is 0 Å². The molecule has 0 radical (unpaired) electrons. The number of carboxylic acid groups (broad SMARTS) is 1. The fourth-order valence-corrected chi connectivity index (χ4v) is 9.04. The van der Waals surface area contributed by atoms with Crippen LogP contribution < -0.4 is 0 Å². The van der Waals surface area contributed by atoms with E-state index in [4.69, 9.17) is 5.11 Å². The van der Waals surface area contributed by atoms with Crippen molar-refractivity contribution in [3.63, 3.8) is 0 Å². The van der Waals surface area contributed by atoms with Crippen LogP contribution in [-0.4, -0.2) is 45.1 Å². The quantitative estimate of drug-likeness (QED) is 0.464. The van der Waals surface area contributed by atoms with Crippen LogP contribution in [0.15, 0.2) is 22.8 Å². The summed E-state index contributed by atoms with van der Waals surface area (Å²) >= 11 is 0. The number of aliphatic carboxylic acids is 1. The van der Waals surface area contributed by atoms with Crippen molar-refractivity contribution in [1.82, 2.24) is 0 Å². The van der Waals surface area contributed by atoms with Crippen LogP contribution in [0.4, 0.5) is 0 Å². The molecule has 0 heterocycles. The monoisotopic (exact) mass is 500 g/mol. The highest BCUT2D eigenvalue weighted by Crippen LogP contribution is 2.71. The number of hydrogen-bond acceptors (Lipinski definition) is 5. The first-order chi connectivity index (χ1) is 16.5. The first-order valence-electron chi connectivity index (χ1n) is 13.6. The minimum atomic E-state index is -0.915. The van der Waals surface area contributed by atoms with Gasteiger partial charge in [0, 0.05) is 40.2 Å². The molecule has 0 aromatic carbocycles. The molecule has 0 aromatic rings. The fraction of sp³-hybridized carbons (Fsp3) is 0.767. The van der Waals surface area contributed by atoms with Gasteiger partial charge in [0.05, 0.1) is 12.2 Å². The lowest BCUT2D eigenvalue weighted by atomic mass is 9.42. The number of aliphatic hydroxyl groups excluding tert-OH is 2. The van der Waals surface area contributed by atoms with Crippen molar-refractivity contribution >= 4 is 17.5 Å². The van der Waals surface area contributed by atoms with Crippen molar-refractivity contribution < 1.29 is 29.7 Å². The van der Waals surface area contributed by atoms with E-state index in [0.29, 0.717) is 49.7 Å². The van der Waals surface area contributed by atoms with Crippen LogP contribution in [0.25, 0.3) is 0 Å². The average Bonchev–Trinajstić information content (AvgIpc) is 2.99. The van der Waals surface area contributed by atoms with Gasteiger partial charge in [-0.15, -0.1) is 0 Å². The fourth-order valence-electron chi connectivity index (χ4n) is 9.04. The third kappa shape index (κ3) is 3.53. The molecule has 0 bridgehead atoms. The van der Waals surface area contributed by atoms with Crippen LogP contribution >= 0.6 is 0 Å². The number of carboxylic acids is 1. The maximum absolute atomic E-state index is 14.1. The molecule has 2 fully saturated rings. The van der Waals surface area contributed by atoms with Gasteiger partial charge in [-0.2, -0.15) is 0 Å². The van der Waals surface area contributed by atoms with Crippen molar-refractivity contribution in [1.29, 1.82) is 0 Å².